The number of rotatable bonds is 5. The maximum absolute atomic E-state index is 6.12. The van der Waals surface area contributed by atoms with Gasteiger partial charge >= 0.3 is 5.78 Å². The zero-order valence-corrected chi connectivity index (χ0v) is 16.8. The Morgan fingerprint density at radius 2 is 1.82 bits per heavy atom. The maximum Gasteiger partial charge on any atom is 0.368 e. The molecule has 5 heteroatoms. The molecule has 0 saturated heterocycles. The number of halogens is 1. The van der Waals surface area contributed by atoms with E-state index in [1.165, 1.54) is 54.4 Å². The van der Waals surface area contributed by atoms with E-state index in [9.17, 15) is 0 Å². The van der Waals surface area contributed by atoms with Gasteiger partial charge in [-0.2, -0.15) is 4.40 Å². The SMILES string of the molecule is Clc1ccc(-c2c[n+]3c4ccccc4[nH]c3n2CC[NH2+]C2CCCCC2)cc1. The van der Waals surface area contributed by atoms with E-state index in [0.29, 0.717) is 0 Å². The summed E-state index contributed by atoms with van der Waals surface area (Å²) in [6.07, 6.45) is 9.18. The number of aromatic nitrogens is 3. The number of fused-ring (bicyclic) bond motifs is 3. The fourth-order valence-electron chi connectivity index (χ4n) is 4.61. The second-order valence-corrected chi connectivity index (χ2v) is 8.37. The zero-order valence-electron chi connectivity index (χ0n) is 16.1. The van der Waals surface area contributed by atoms with E-state index in [-0.39, 0.29) is 0 Å². The van der Waals surface area contributed by atoms with Crippen LogP contribution in [-0.4, -0.2) is 22.1 Å². The first-order chi connectivity index (χ1) is 13.8. The van der Waals surface area contributed by atoms with Gasteiger partial charge in [0.05, 0.1) is 6.04 Å². The van der Waals surface area contributed by atoms with Gasteiger partial charge in [0.25, 0.3) is 0 Å². The number of nitrogens with two attached hydrogens (primary N) is 1. The molecule has 0 amide bonds. The quantitative estimate of drug-likeness (QED) is 0.482. The summed E-state index contributed by atoms with van der Waals surface area (Å²) in [5.41, 5.74) is 4.81. The second kappa shape index (κ2) is 7.61. The number of benzene rings is 2. The molecule has 28 heavy (non-hydrogen) atoms. The fourth-order valence-corrected chi connectivity index (χ4v) is 4.73. The Morgan fingerprint density at radius 3 is 2.64 bits per heavy atom. The highest BCUT2D eigenvalue weighted by molar-refractivity contribution is 6.30. The van der Waals surface area contributed by atoms with Crippen molar-refractivity contribution in [2.45, 2.75) is 44.7 Å². The molecule has 0 aliphatic heterocycles. The summed E-state index contributed by atoms with van der Waals surface area (Å²) in [5.74, 6) is 1.14. The molecule has 1 fully saturated rings. The Morgan fingerprint density at radius 1 is 1.04 bits per heavy atom. The first-order valence-corrected chi connectivity index (χ1v) is 10.8. The van der Waals surface area contributed by atoms with Crippen molar-refractivity contribution in [2.75, 3.05) is 6.54 Å². The van der Waals surface area contributed by atoms with Crippen LogP contribution in [0.25, 0.3) is 28.1 Å². The van der Waals surface area contributed by atoms with Crippen molar-refractivity contribution in [3.63, 3.8) is 0 Å². The Hall–Kier alpha value is -2.30. The molecule has 0 bridgehead atoms. The van der Waals surface area contributed by atoms with Crippen LogP contribution >= 0.6 is 11.6 Å². The van der Waals surface area contributed by atoms with Gasteiger partial charge in [0.15, 0.2) is 0 Å². The van der Waals surface area contributed by atoms with Gasteiger partial charge in [0.2, 0.25) is 0 Å². The molecule has 5 rings (SSSR count). The number of imidazole rings is 2. The third kappa shape index (κ3) is 3.31. The highest BCUT2D eigenvalue weighted by Crippen LogP contribution is 2.24. The van der Waals surface area contributed by atoms with Gasteiger partial charge in [-0.25, -0.2) is 9.55 Å². The average Bonchev–Trinajstić information content (AvgIpc) is 3.26. The van der Waals surface area contributed by atoms with Crippen molar-refractivity contribution >= 4 is 28.4 Å². The number of hydrogen-bond acceptors (Lipinski definition) is 0. The second-order valence-electron chi connectivity index (χ2n) is 7.93. The number of hydrogen-bond donors (Lipinski definition) is 2. The van der Waals surface area contributed by atoms with Crippen LogP contribution in [0, 0.1) is 0 Å². The molecule has 0 atom stereocenters. The van der Waals surface area contributed by atoms with E-state index in [1.54, 1.807) is 0 Å². The lowest BCUT2D eigenvalue weighted by Crippen LogP contribution is -2.90. The summed E-state index contributed by atoms with van der Waals surface area (Å²) < 4.78 is 4.70. The van der Waals surface area contributed by atoms with Gasteiger partial charge in [0.1, 0.15) is 36.0 Å². The Kier molecular flexibility index (Phi) is 4.83. The Labute approximate surface area is 170 Å². The maximum atomic E-state index is 6.12. The predicted octanol–water partition coefficient (Wildman–Crippen LogP) is 3.92. The van der Waals surface area contributed by atoms with Crippen molar-refractivity contribution in [2.24, 2.45) is 0 Å². The fraction of sp³-hybridized carbons (Fsp3) is 0.348. The summed E-state index contributed by atoms with van der Waals surface area (Å²) in [7, 11) is 0. The number of para-hydroxylation sites is 2. The molecule has 2 aromatic carbocycles. The van der Waals surface area contributed by atoms with Crippen LogP contribution in [-0.2, 0) is 6.54 Å². The molecule has 144 valence electrons. The van der Waals surface area contributed by atoms with Crippen molar-refractivity contribution in [3.05, 3.63) is 59.8 Å². The normalized spacial score (nSPS) is 15.6. The summed E-state index contributed by atoms with van der Waals surface area (Å²) in [6, 6.07) is 17.5. The van der Waals surface area contributed by atoms with Crippen molar-refractivity contribution < 1.29 is 9.72 Å². The number of aromatic amines is 1. The van der Waals surface area contributed by atoms with E-state index in [2.05, 4.69) is 61.9 Å². The van der Waals surface area contributed by atoms with Crippen molar-refractivity contribution in [1.82, 2.24) is 9.55 Å². The summed E-state index contributed by atoms with van der Waals surface area (Å²) in [5, 5.41) is 3.33. The lowest BCUT2D eigenvalue weighted by Gasteiger charge is -2.19. The van der Waals surface area contributed by atoms with Gasteiger partial charge in [-0.1, -0.05) is 30.2 Å². The smallest absolute Gasteiger partial charge is 0.341 e. The molecule has 1 saturated carbocycles. The van der Waals surface area contributed by atoms with Gasteiger partial charge < -0.3 is 5.32 Å². The molecular weight excluding hydrogens is 368 g/mol. The largest absolute Gasteiger partial charge is 0.368 e. The minimum atomic E-state index is 0.774. The van der Waals surface area contributed by atoms with Crippen LogP contribution in [0.4, 0.5) is 0 Å². The molecule has 1 aliphatic carbocycles. The summed E-state index contributed by atoms with van der Waals surface area (Å²) >= 11 is 6.12. The van der Waals surface area contributed by atoms with E-state index >= 15 is 0 Å². The Balaban J connectivity index is 1.51. The van der Waals surface area contributed by atoms with Gasteiger partial charge in [-0.15, -0.1) is 0 Å². The summed E-state index contributed by atoms with van der Waals surface area (Å²) in [6.45, 7) is 2.09. The average molecular weight is 395 g/mol. The Bertz CT molecular complexity index is 1090. The van der Waals surface area contributed by atoms with Crippen molar-refractivity contribution in [3.8, 4) is 11.3 Å². The standard InChI is InChI=1S/C23H25ClN4/c24-18-12-10-17(11-13-18)22-16-28-21-9-5-4-8-20(21)26-23(28)27(22)15-14-25-19-6-2-1-3-7-19/h4-5,8-13,16,19,25H,1-3,6-7,14-15H2/p+2. The van der Waals surface area contributed by atoms with Gasteiger partial charge in [-0.3, -0.25) is 0 Å². The minimum Gasteiger partial charge on any atom is -0.341 e. The third-order valence-corrected chi connectivity index (χ3v) is 6.33. The van der Waals surface area contributed by atoms with Crippen LogP contribution in [0.15, 0.2) is 54.7 Å². The van der Waals surface area contributed by atoms with E-state index < -0.39 is 0 Å². The zero-order chi connectivity index (χ0) is 18.9. The molecule has 0 radical (unpaired) electrons. The highest BCUT2D eigenvalue weighted by Gasteiger charge is 2.23. The molecule has 4 nitrogen and oxygen atoms in total. The first-order valence-electron chi connectivity index (χ1n) is 10.4. The molecule has 4 aromatic rings. The van der Waals surface area contributed by atoms with E-state index in [4.69, 9.17) is 11.6 Å². The van der Waals surface area contributed by atoms with Crippen LogP contribution in [0.1, 0.15) is 32.1 Å². The number of nitrogens with one attached hydrogen (secondary N) is 1. The molecular formula is C23H27ClN4+2. The topological polar surface area (TPSA) is 41.4 Å². The molecule has 1 aliphatic rings. The van der Waals surface area contributed by atoms with Crippen LogP contribution in [0.2, 0.25) is 5.02 Å². The third-order valence-electron chi connectivity index (χ3n) is 6.08. The molecule has 2 aromatic heterocycles. The highest BCUT2D eigenvalue weighted by atomic mass is 35.5. The lowest BCUT2D eigenvalue weighted by molar-refractivity contribution is -0.692. The molecule has 0 unspecified atom stereocenters. The number of nitrogens with zero attached hydrogens (tertiary/aromatic N) is 2. The van der Waals surface area contributed by atoms with Gasteiger partial charge in [-0.05, 0) is 62.1 Å². The van der Waals surface area contributed by atoms with E-state index in [1.807, 2.05) is 12.1 Å². The number of H-pyrrole nitrogens is 1. The van der Waals surface area contributed by atoms with E-state index in [0.717, 1.165) is 29.9 Å². The van der Waals surface area contributed by atoms with Crippen molar-refractivity contribution in [1.29, 1.82) is 0 Å². The lowest BCUT2D eigenvalue weighted by atomic mass is 9.95. The van der Waals surface area contributed by atoms with Crippen LogP contribution in [0.5, 0.6) is 0 Å². The van der Waals surface area contributed by atoms with Crippen LogP contribution < -0.4 is 9.72 Å². The van der Waals surface area contributed by atoms with Crippen LogP contribution in [0.3, 0.4) is 0 Å². The summed E-state index contributed by atoms with van der Waals surface area (Å²) in [4.78, 5) is 3.62. The first kappa shape index (κ1) is 17.8. The molecule has 2 heterocycles. The number of quaternary nitrogens is 1. The minimum absolute atomic E-state index is 0.774. The molecule has 0 spiro atoms. The predicted molar refractivity (Wildman–Crippen MR) is 114 cm³/mol. The molecule has 3 N–H and O–H groups in total. The van der Waals surface area contributed by atoms with Gasteiger partial charge in [0, 0.05) is 10.6 Å². The monoisotopic (exact) mass is 394 g/mol.